The van der Waals surface area contributed by atoms with Gasteiger partial charge >= 0.3 is 5.97 Å². The molecule has 0 aliphatic carbocycles. The summed E-state index contributed by atoms with van der Waals surface area (Å²) in [5.41, 5.74) is 0.637. The van der Waals surface area contributed by atoms with Gasteiger partial charge in [-0.25, -0.2) is 14.8 Å². The monoisotopic (exact) mass is 427 g/mol. The fourth-order valence-corrected chi connectivity index (χ4v) is 3.91. The molecular weight excluding hydrogens is 406 g/mol. The standard InChI is InChI=1S/C17H22ClN5O4S/c1-3-6-27-11-8-23(17-19-7-12(28-17)16(25)26)5-4-10(11)21-15(24)14-20-9(2)13(18)22-14/h7,10-11H,3-6,8H2,1-2H3,(H,20,22)(H,21,24)(H,25,26). The van der Waals surface area contributed by atoms with Crippen LogP contribution in [-0.4, -0.2) is 63.8 Å². The Balaban J connectivity index is 1.69. The minimum atomic E-state index is -0.989. The van der Waals surface area contributed by atoms with E-state index >= 15 is 0 Å². The summed E-state index contributed by atoms with van der Waals surface area (Å²) in [6.07, 6.45) is 2.60. The Morgan fingerprint density at radius 2 is 2.32 bits per heavy atom. The number of amides is 1. The Hall–Kier alpha value is -2.17. The summed E-state index contributed by atoms with van der Waals surface area (Å²) in [7, 11) is 0. The Labute approximate surface area is 171 Å². The van der Waals surface area contributed by atoms with Crippen LogP contribution in [0, 0.1) is 6.92 Å². The van der Waals surface area contributed by atoms with Crippen LogP contribution in [0.1, 0.15) is 45.7 Å². The molecule has 0 spiro atoms. The number of rotatable bonds is 7. The zero-order valence-corrected chi connectivity index (χ0v) is 17.1. The van der Waals surface area contributed by atoms with Crippen molar-refractivity contribution in [2.45, 2.75) is 38.8 Å². The first-order chi connectivity index (χ1) is 13.4. The van der Waals surface area contributed by atoms with Crippen LogP contribution in [0.25, 0.3) is 0 Å². The maximum Gasteiger partial charge on any atom is 0.347 e. The molecular formula is C17H22ClN5O4S. The number of aryl methyl sites for hydroxylation is 1. The van der Waals surface area contributed by atoms with Crippen molar-refractivity contribution in [2.75, 3.05) is 24.6 Å². The summed E-state index contributed by atoms with van der Waals surface area (Å²) in [5.74, 6) is -1.15. The summed E-state index contributed by atoms with van der Waals surface area (Å²) in [4.78, 5) is 36.9. The molecule has 1 aliphatic heterocycles. The molecule has 3 N–H and O–H groups in total. The molecule has 0 aromatic carbocycles. The van der Waals surface area contributed by atoms with Crippen molar-refractivity contribution in [3.8, 4) is 0 Å². The number of H-pyrrole nitrogens is 1. The second kappa shape index (κ2) is 8.89. The smallest absolute Gasteiger partial charge is 0.347 e. The van der Waals surface area contributed by atoms with Gasteiger partial charge in [-0.2, -0.15) is 0 Å². The summed E-state index contributed by atoms with van der Waals surface area (Å²) >= 11 is 7.06. The number of nitrogens with one attached hydrogen (secondary N) is 2. The van der Waals surface area contributed by atoms with Gasteiger partial charge < -0.3 is 25.0 Å². The number of ether oxygens (including phenoxy) is 1. The number of carbonyl (C=O) groups is 2. The van der Waals surface area contributed by atoms with E-state index in [9.17, 15) is 9.59 Å². The van der Waals surface area contributed by atoms with E-state index in [0.29, 0.717) is 36.9 Å². The molecule has 0 saturated carbocycles. The molecule has 2 unspecified atom stereocenters. The van der Waals surface area contributed by atoms with Gasteiger partial charge in [-0.15, -0.1) is 0 Å². The summed E-state index contributed by atoms with van der Waals surface area (Å²) in [6.45, 7) is 5.46. The summed E-state index contributed by atoms with van der Waals surface area (Å²) in [5, 5.41) is 13.0. The fraction of sp³-hybridized carbons (Fsp3) is 0.529. The minimum absolute atomic E-state index is 0.171. The summed E-state index contributed by atoms with van der Waals surface area (Å²) < 4.78 is 5.96. The van der Waals surface area contributed by atoms with E-state index in [4.69, 9.17) is 21.4 Å². The first-order valence-electron chi connectivity index (χ1n) is 8.97. The van der Waals surface area contributed by atoms with Gasteiger partial charge in [0.2, 0.25) is 0 Å². The van der Waals surface area contributed by atoms with Crippen molar-refractivity contribution < 1.29 is 19.4 Å². The molecule has 11 heteroatoms. The molecule has 2 aromatic rings. The Morgan fingerprint density at radius 1 is 1.54 bits per heavy atom. The lowest BCUT2D eigenvalue weighted by molar-refractivity contribution is 0.0204. The maximum atomic E-state index is 12.5. The van der Waals surface area contributed by atoms with Crippen LogP contribution in [0.4, 0.5) is 5.13 Å². The largest absolute Gasteiger partial charge is 0.477 e. The number of piperidine rings is 1. The molecule has 2 aromatic heterocycles. The quantitative estimate of drug-likeness (QED) is 0.620. The van der Waals surface area contributed by atoms with Crippen molar-refractivity contribution in [2.24, 2.45) is 0 Å². The Bertz CT molecular complexity index is 835. The highest BCUT2D eigenvalue weighted by atomic mass is 35.5. The van der Waals surface area contributed by atoms with Gasteiger partial charge in [-0.3, -0.25) is 4.79 Å². The van der Waals surface area contributed by atoms with Gasteiger partial charge in [0, 0.05) is 19.7 Å². The van der Waals surface area contributed by atoms with E-state index in [2.05, 4.69) is 20.3 Å². The number of carboxylic acid groups (broad SMARTS) is 1. The number of carboxylic acids is 1. The third kappa shape index (κ3) is 4.62. The first kappa shape index (κ1) is 20.6. The van der Waals surface area contributed by atoms with Gasteiger partial charge in [0.1, 0.15) is 4.88 Å². The average Bonchev–Trinajstić information content (AvgIpc) is 3.28. The van der Waals surface area contributed by atoms with Gasteiger partial charge in [0.05, 0.1) is 24.0 Å². The molecule has 1 aliphatic rings. The van der Waals surface area contributed by atoms with Crippen LogP contribution in [0.15, 0.2) is 6.20 Å². The van der Waals surface area contributed by atoms with E-state index in [1.165, 1.54) is 6.20 Å². The Kier molecular flexibility index (Phi) is 6.53. The highest BCUT2D eigenvalue weighted by Crippen LogP contribution is 2.27. The van der Waals surface area contributed by atoms with E-state index in [1.54, 1.807) is 6.92 Å². The van der Waals surface area contributed by atoms with Crippen molar-refractivity contribution in [1.29, 1.82) is 0 Å². The number of thiazole rings is 1. The molecule has 3 heterocycles. The predicted molar refractivity (Wildman–Crippen MR) is 106 cm³/mol. The molecule has 2 atom stereocenters. The fourth-order valence-electron chi connectivity index (χ4n) is 2.99. The second-order valence-electron chi connectivity index (χ2n) is 6.54. The first-order valence-corrected chi connectivity index (χ1v) is 10.2. The van der Waals surface area contributed by atoms with Crippen molar-refractivity contribution in [3.05, 3.63) is 27.7 Å². The SMILES string of the molecule is CCCOC1CN(c2ncc(C(=O)O)s2)CCC1NC(=O)c1nc(Cl)c(C)[nH]1. The molecule has 152 valence electrons. The van der Waals surface area contributed by atoms with Crippen molar-refractivity contribution in [1.82, 2.24) is 20.3 Å². The number of hydrogen-bond acceptors (Lipinski definition) is 7. The molecule has 1 fully saturated rings. The van der Waals surface area contributed by atoms with E-state index in [-0.39, 0.29) is 33.9 Å². The van der Waals surface area contributed by atoms with Gasteiger partial charge in [0.15, 0.2) is 16.1 Å². The van der Waals surface area contributed by atoms with Crippen LogP contribution in [-0.2, 0) is 4.74 Å². The third-order valence-electron chi connectivity index (χ3n) is 4.43. The van der Waals surface area contributed by atoms with Gasteiger partial charge in [0.25, 0.3) is 5.91 Å². The van der Waals surface area contributed by atoms with Gasteiger partial charge in [-0.05, 0) is 19.8 Å². The van der Waals surface area contributed by atoms with E-state index in [1.807, 2.05) is 11.8 Å². The van der Waals surface area contributed by atoms with E-state index in [0.717, 1.165) is 17.8 Å². The van der Waals surface area contributed by atoms with Crippen LogP contribution in [0.3, 0.4) is 0 Å². The molecule has 0 bridgehead atoms. The molecule has 1 saturated heterocycles. The van der Waals surface area contributed by atoms with Crippen molar-refractivity contribution >= 4 is 39.9 Å². The van der Waals surface area contributed by atoms with Gasteiger partial charge in [-0.1, -0.05) is 29.9 Å². The molecule has 28 heavy (non-hydrogen) atoms. The number of aromatic amines is 1. The number of aromatic carboxylic acids is 1. The summed E-state index contributed by atoms with van der Waals surface area (Å²) in [6, 6.07) is -0.196. The second-order valence-corrected chi connectivity index (χ2v) is 7.90. The van der Waals surface area contributed by atoms with Crippen LogP contribution in [0.5, 0.6) is 0 Å². The number of halogens is 1. The van der Waals surface area contributed by atoms with Crippen LogP contribution in [0.2, 0.25) is 5.15 Å². The van der Waals surface area contributed by atoms with Crippen molar-refractivity contribution in [3.63, 3.8) is 0 Å². The maximum absolute atomic E-state index is 12.5. The number of imidazole rings is 1. The molecule has 0 radical (unpaired) electrons. The highest BCUT2D eigenvalue weighted by Gasteiger charge is 2.33. The number of nitrogens with zero attached hydrogens (tertiary/aromatic N) is 3. The molecule has 1 amide bonds. The predicted octanol–water partition coefficient (Wildman–Crippen LogP) is 2.33. The number of hydrogen-bond donors (Lipinski definition) is 3. The lowest BCUT2D eigenvalue weighted by Gasteiger charge is -2.38. The third-order valence-corrected chi connectivity index (χ3v) is 5.84. The Morgan fingerprint density at radius 3 is 2.93 bits per heavy atom. The number of aromatic nitrogens is 3. The molecule has 9 nitrogen and oxygen atoms in total. The van der Waals surface area contributed by atoms with Crippen LogP contribution >= 0.6 is 22.9 Å². The minimum Gasteiger partial charge on any atom is -0.477 e. The lowest BCUT2D eigenvalue weighted by Crippen LogP contribution is -2.55. The average molecular weight is 428 g/mol. The number of anilines is 1. The normalized spacial score (nSPS) is 19.6. The topological polar surface area (TPSA) is 120 Å². The van der Waals surface area contributed by atoms with E-state index < -0.39 is 5.97 Å². The zero-order valence-electron chi connectivity index (χ0n) is 15.6. The van der Waals surface area contributed by atoms with Crippen LogP contribution < -0.4 is 10.2 Å². The zero-order chi connectivity index (χ0) is 20.3. The lowest BCUT2D eigenvalue weighted by atomic mass is 10.0. The molecule has 3 rings (SSSR count). The highest BCUT2D eigenvalue weighted by molar-refractivity contribution is 7.17. The number of carbonyl (C=O) groups excluding carboxylic acids is 1.